The number of rotatable bonds is 4. The van der Waals surface area contributed by atoms with Crippen molar-refractivity contribution in [3.8, 4) is 0 Å². The van der Waals surface area contributed by atoms with Crippen LogP contribution in [-0.2, 0) is 15.6 Å². The number of aryl methyl sites for hydroxylation is 1. The minimum atomic E-state index is -3.30. The fraction of sp³-hybridized carbons (Fsp3) is 0.357. The van der Waals surface area contributed by atoms with E-state index in [2.05, 4.69) is 18.8 Å². The lowest BCUT2D eigenvalue weighted by atomic mass is 10.0. The van der Waals surface area contributed by atoms with Crippen molar-refractivity contribution in [1.29, 1.82) is 0 Å². The van der Waals surface area contributed by atoms with Crippen molar-refractivity contribution in [2.75, 3.05) is 0 Å². The molecule has 0 fully saturated rings. The fourth-order valence-electron chi connectivity index (χ4n) is 1.81. The van der Waals surface area contributed by atoms with E-state index in [9.17, 15) is 8.42 Å². The van der Waals surface area contributed by atoms with E-state index in [1.807, 2.05) is 19.1 Å². The maximum atomic E-state index is 12.3. The summed E-state index contributed by atoms with van der Waals surface area (Å²) in [5, 5.41) is 2.69. The quantitative estimate of drug-likeness (QED) is 0.866. The van der Waals surface area contributed by atoms with Crippen LogP contribution in [0.15, 0.2) is 34.5 Å². The van der Waals surface area contributed by atoms with E-state index in [0.29, 0.717) is 16.5 Å². The number of benzene rings is 1. The Labute approximate surface area is 118 Å². The molecule has 0 unspecified atom stereocenters. The van der Waals surface area contributed by atoms with Gasteiger partial charge in [-0.25, -0.2) is 13.4 Å². The maximum Gasteiger partial charge on any atom is 0.184 e. The van der Waals surface area contributed by atoms with Gasteiger partial charge in [-0.3, -0.25) is 0 Å². The highest BCUT2D eigenvalue weighted by molar-refractivity contribution is 7.90. The first-order valence-corrected chi connectivity index (χ1v) is 8.65. The summed E-state index contributed by atoms with van der Waals surface area (Å²) in [6.07, 6.45) is 0. The zero-order valence-electron chi connectivity index (χ0n) is 11.3. The third kappa shape index (κ3) is 3.42. The zero-order valence-corrected chi connectivity index (χ0v) is 12.9. The van der Waals surface area contributed by atoms with Gasteiger partial charge in [0.15, 0.2) is 9.84 Å². The van der Waals surface area contributed by atoms with Gasteiger partial charge in [-0.05, 0) is 30.5 Å². The van der Waals surface area contributed by atoms with Gasteiger partial charge in [0.25, 0.3) is 0 Å². The molecule has 0 bridgehead atoms. The lowest BCUT2D eigenvalue weighted by Crippen LogP contribution is -2.05. The third-order valence-electron chi connectivity index (χ3n) is 2.91. The normalized spacial score (nSPS) is 12.0. The Hall–Kier alpha value is -1.20. The van der Waals surface area contributed by atoms with Gasteiger partial charge in [-0.1, -0.05) is 26.0 Å². The lowest BCUT2D eigenvalue weighted by molar-refractivity contribution is 0.594. The number of sulfone groups is 1. The van der Waals surface area contributed by atoms with Crippen LogP contribution in [0.1, 0.15) is 36.0 Å². The van der Waals surface area contributed by atoms with Crippen LogP contribution in [0.4, 0.5) is 0 Å². The van der Waals surface area contributed by atoms with Crippen molar-refractivity contribution >= 4 is 21.2 Å². The summed E-state index contributed by atoms with van der Waals surface area (Å²) in [6, 6.07) is 7.13. The number of hydrogen-bond donors (Lipinski definition) is 0. The molecule has 102 valence electrons. The van der Waals surface area contributed by atoms with Crippen LogP contribution in [0.25, 0.3) is 0 Å². The van der Waals surface area contributed by atoms with E-state index in [4.69, 9.17) is 0 Å². The minimum absolute atomic E-state index is 0.0294. The first-order valence-electron chi connectivity index (χ1n) is 6.12. The molecule has 0 aliphatic heterocycles. The SMILES string of the molecule is Cc1nc(CS(=O)(=O)c2ccc(C(C)C)cc2)cs1. The number of nitrogens with zero attached hydrogens (tertiary/aromatic N) is 1. The molecule has 0 atom stereocenters. The minimum Gasteiger partial charge on any atom is -0.246 e. The average Bonchev–Trinajstić information content (AvgIpc) is 2.74. The fourth-order valence-corrected chi connectivity index (χ4v) is 3.79. The molecule has 19 heavy (non-hydrogen) atoms. The van der Waals surface area contributed by atoms with Crippen LogP contribution < -0.4 is 0 Å². The molecule has 0 aliphatic rings. The van der Waals surface area contributed by atoms with Crippen LogP contribution in [0, 0.1) is 6.92 Å². The average molecular weight is 295 g/mol. The molecule has 1 heterocycles. The van der Waals surface area contributed by atoms with Gasteiger partial charge >= 0.3 is 0 Å². The summed E-state index contributed by atoms with van der Waals surface area (Å²) >= 11 is 1.47. The Bertz CT molecular complexity index is 655. The second-order valence-electron chi connectivity index (χ2n) is 4.84. The molecule has 3 nitrogen and oxygen atoms in total. The van der Waals surface area contributed by atoms with Crippen LogP contribution in [0.5, 0.6) is 0 Å². The monoisotopic (exact) mass is 295 g/mol. The molecule has 0 saturated heterocycles. The second-order valence-corrected chi connectivity index (χ2v) is 7.89. The molecule has 0 N–H and O–H groups in total. The van der Waals surface area contributed by atoms with Gasteiger partial charge in [0.1, 0.15) is 0 Å². The molecule has 2 aromatic rings. The Balaban J connectivity index is 2.24. The summed E-state index contributed by atoms with van der Waals surface area (Å²) in [4.78, 5) is 4.57. The molecule has 0 spiro atoms. The van der Waals surface area contributed by atoms with Crippen molar-refractivity contribution in [2.24, 2.45) is 0 Å². The molecule has 0 amide bonds. The standard InChI is InChI=1S/C14H17NO2S2/c1-10(2)12-4-6-14(7-5-12)19(16,17)9-13-8-18-11(3)15-13/h4-8,10H,9H2,1-3H3. The van der Waals surface area contributed by atoms with Crippen molar-refractivity contribution in [1.82, 2.24) is 4.98 Å². The third-order valence-corrected chi connectivity index (χ3v) is 5.40. The largest absolute Gasteiger partial charge is 0.246 e. The smallest absolute Gasteiger partial charge is 0.184 e. The highest BCUT2D eigenvalue weighted by Gasteiger charge is 2.17. The molecular weight excluding hydrogens is 278 g/mol. The molecule has 0 aliphatic carbocycles. The van der Waals surface area contributed by atoms with E-state index in [0.717, 1.165) is 10.6 Å². The first kappa shape index (κ1) is 14.2. The molecule has 0 radical (unpaired) electrons. The van der Waals surface area contributed by atoms with Crippen molar-refractivity contribution in [2.45, 2.75) is 37.3 Å². The van der Waals surface area contributed by atoms with Gasteiger partial charge in [-0.15, -0.1) is 11.3 Å². The highest BCUT2D eigenvalue weighted by Crippen LogP contribution is 2.21. The summed E-state index contributed by atoms with van der Waals surface area (Å²) in [7, 11) is -3.30. The predicted molar refractivity (Wildman–Crippen MR) is 78.3 cm³/mol. The molecule has 0 saturated carbocycles. The zero-order chi connectivity index (χ0) is 14.0. The first-order chi connectivity index (χ1) is 8.88. The Morgan fingerprint density at radius 1 is 1.21 bits per heavy atom. The van der Waals surface area contributed by atoms with E-state index in [1.54, 1.807) is 17.5 Å². The molecule has 1 aromatic carbocycles. The van der Waals surface area contributed by atoms with Gasteiger partial charge in [0.2, 0.25) is 0 Å². The molecule has 2 rings (SSSR count). The molecule has 5 heteroatoms. The highest BCUT2D eigenvalue weighted by atomic mass is 32.2. The number of hydrogen-bond acceptors (Lipinski definition) is 4. The summed E-state index contributed by atoms with van der Waals surface area (Å²) in [5.74, 6) is 0.371. The van der Waals surface area contributed by atoms with E-state index >= 15 is 0 Å². The van der Waals surface area contributed by atoms with Gasteiger partial charge in [0.05, 0.1) is 21.3 Å². The van der Waals surface area contributed by atoms with E-state index < -0.39 is 9.84 Å². The molecule has 1 aromatic heterocycles. The predicted octanol–water partition coefficient (Wildman–Crippen LogP) is 3.55. The van der Waals surface area contributed by atoms with Crippen LogP contribution in [-0.4, -0.2) is 13.4 Å². The topological polar surface area (TPSA) is 47.0 Å². The van der Waals surface area contributed by atoms with Crippen molar-refractivity contribution in [3.63, 3.8) is 0 Å². The van der Waals surface area contributed by atoms with Gasteiger partial charge < -0.3 is 0 Å². The van der Waals surface area contributed by atoms with Crippen LogP contribution >= 0.6 is 11.3 Å². The Morgan fingerprint density at radius 2 is 1.84 bits per heavy atom. The summed E-state index contributed by atoms with van der Waals surface area (Å²) in [6.45, 7) is 6.04. The van der Waals surface area contributed by atoms with Crippen LogP contribution in [0.3, 0.4) is 0 Å². The summed E-state index contributed by atoms with van der Waals surface area (Å²) in [5.41, 5.74) is 1.76. The van der Waals surface area contributed by atoms with Crippen LogP contribution in [0.2, 0.25) is 0 Å². The lowest BCUT2D eigenvalue weighted by Gasteiger charge is -2.07. The maximum absolute atomic E-state index is 12.3. The Morgan fingerprint density at radius 3 is 2.32 bits per heavy atom. The van der Waals surface area contributed by atoms with Gasteiger partial charge in [-0.2, -0.15) is 0 Å². The van der Waals surface area contributed by atoms with E-state index in [-0.39, 0.29) is 5.75 Å². The van der Waals surface area contributed by atoms with Crippen molar-refractivity contribution < 1.29 is 8.42 Å². The molecular formula is C14H17NO2S2. The van der Waals surface area contributed by atoms with Crippen molar-refractivity contribution in [3.05, 3.63) is 45.9 Å². The summed E-state index contributed by atoms with van der Waals surface area (Å²) < 4.78 is 24.5. The van der Waals surface area contributed by atoms with E-state index in [1.165, 1.54) is 11.3 Å². The number of thiazole rings is 1. The second kappa shape index (κ2) is 5.43. The van der Waals surface area contributed by atoms with Gasteiger partial charge in [0, 0.05) is 5.38 Å². The number of aromatic nitrogens is 1. The Kier molecular flexibility index (Phi) is 4.06.